The summed E-state index contributed by atoms with van der Waals surface area (Å²) in [6.45, 7) is 4.71. The third-order valence-corrected chi connectivity index (χ3v) is 10.8. The molecule has 224 valence electrons. The number of rotatable bonds is 4. The zero-order valence-corrected chi connectivity index (χ0v) is 28.5. The monoisotopic (exact) mass is 713 g/mol. The first-order valence-electron chi connectivity index (χ1n) is 16.2. The molecular weight excluding hydrogens is 681 g/mol. The summed E-state index contributed by atoms with van der Waals surface area (Å²) in [5.41, 5.74) is 11.2. The van der Waals surface area contributed by atoms with Crippen LogP contribution < -0.4 is 4.90 Å². The molecule has 1 aliphatic rings. The van der Waals surface area contributed by atoms with Crippen LogP contribution in [0.15, 0.2) is 158 Å². The highest BCUT2D eigenvalue weighted by Gasteiger charge is 2.35. The normalized spacial score (nSPS) is 13.2. The Balaban J connectivity index is 1.26. The molecule has 47 heavy (non-hydrogen) atoms. The molecule has 8 aromatic rings. The van der Waals surface area contributed by atoms with Crippen molar-refractivity contribution in [3.8, 4) is 22.3 Å². The van der Waals surface area contributed by atoms with Crippen LogP contribution in [0.3, 0.4) is 0 Å². The minimum atomic E-state index is -0.0825. The van der Waals surface area contributed by atoms with Crippen LogP contribution in [0.1, 0.15) is 25.0 Å². The van der Waals surface area contributed by atoms with Crippen molar-refractivity contribution in [2.24, 2.45) is 0 Å². The Morgan fingerprint density at radius 1 is 0.404 bits per heavy atom. The van der Waals surface area contributed by atoms with Gasteiger partial charge < -0.3 is 4.90 Å². The van der Waals surface area contributed by atoms with Crippen molar-refractivity contribution in [3.05, 3.63) is 172 Å². The third-order valence-electron chi connectivity index (χ3n) is 10.1. The average Bonchev–Trinajstić information content (AvgIpc) is 3.35. The number of fused-ring (bicyclic) bond motifs is 9. The standard InChI is InChI=1S/C45H32IN/c1-45(2)43-14-8-7-13-40(43)41-26-24-34(28-44(41)45)47(32-21-17-30(18-22-32)29-15-19-31(46)20-16-29)33-23-25-39-37-11-4-3-9-35(37)36-10-5-6-12-38(36)42(39)27-33/h3-28H,1-2H3. The number of hydrogen-bond acceptors (Lipinski definition) is 1. The highest BCUT2D eigenvalue weighted by Crippen LogP contribution is 2.51. The summed E-state index contributed by atoms with van der Waals surface area (Å²) in [5, 5.41) is 7.71. The Kier molecular flexibility index (Phi) is 6.52. The Bertz CT molecular complexity index is 2450. The predicted molar refractivity (Wildman–Crippen MR) is 209 cm³/mol. The molecule has 0 unspecified atom stereocenters. The average molecular weight is 714 g/mol. The molecule has 0 aromatic heterocycles. The first-order valence-corrected chi connectivity index (χ1v) is 17.3. The van der Waals surface area contributed by atoms with E-state index in [0.717, 1.165) is 17.1 Å². The van der Waals surface area contributed by atoms with E-state index in [0.29, 0.717) is 0 Å². The van der Waals surface area contributed by atoms with E-state index in [2.05, 4.69) is 199 Å². The lowest BCUT2D eigenvalue weighted by molar-refractivity contribution is 0.660. The van der Waals surface area contributed by atoms with E-state index in [9.17, 15) is 0 Å². The van der Waals surface area contributed by atoms with Crippen LogP contribution in [0.4, 0.5) is 17.1 Å². The molecule has 0 fully saturated rings. The van der Waals surface area contributed by atoms with Gasteiger partial charge in [0.1, 0.15) is 0 Å². The molecule has 0 saturated carbocycles. The zero-order valence-electron chi connectivity index (χ0n) is 26.3. The molecule has 0 radical (unpaired) electrons. The smallest absolute Gasteiger partial charge is 0.0468 e. The Morgan fingerprint density at radius 2 is 0.872 bits per heavy atom. The van der Waals surface area contributed by atoms with Gasteiger partial charge in [-0.1, -0.05) is 123 Å². The van der Waals surface area contributed by atoms with Crippen LogP contribution in [-0.4, -0.2) is 0 Å². The summed E-state index contributed by atoms with van der Waals surface area (Å²) in [5.74, 6) is 0. The molecule has 0 saturated heterocycles. The molecule has 0 aliphatic heterocycles. The molecule has 0 heterocycles. The molecule has 1 nitrogen and oxygen atoms in total. The molecule has 0 bridgehead atoms. The molecule has 9 rings (SSSR count). The highest BCUT2D eigenvalue weighted by atomic mass is 127. The van der Waals surface area contributed by atoms with E-state index in [1.807, 2.05) is 0 Å². The molecule has 0 atom stereocenters. The number of hydrogen-bond donors (Lipinski definition) is 0. The van der Waals surface area contributed by atoms with Crippen molar-refractivity contribution >= 4 is 72.0 Å². The first kappa shape index (κ1) is 28.3. The van der Waals surface area contributed by atoms with Crippen LogP contribution in [0.5, 0.6) is 0 Å². The van der Waals surface area contributed by atoms with Crippen LogP contribution in [0.25, 0.3) is 54.6 Å². The Morgan fingerprint density at radius 3 is 1.53 bits per heavy atom. The lowest BCUT2D eigenvalue weighted by Crippen LogP contribution is -2.16. The van der Waals surface area contributed by atoms with Crippen LogP contribution >= 0.6 is 22.6 Å². The van der Waals surface area contributed by atoms with E-state index in [1.165, 1.54) is 69.3 Å². The van der Waals surface area contributed by atoms with Gasteiger partial charge in [0.2, 0.25) is 0 Å². The Hall–Kier alpha value is -4.93. The zero-order chi connectivity index (χ0) is 31.7. The quantitative estimate of drug-likeness (QED) is 0.130. The topological polar surface area (TPSA) is 3.24 Å². The summed E-state index contributed by atoms with van der Waals surface area (Å²) in [6, 6.07) is 58.3. The minimum Gasteiger partial charge on any atom is -0.310 e. The fourth-order valence-electron chi connectivity index (χ4n) is 7.76. The molecule has 0 spiro atoms. The maximum Gasteiger partial charge on any atom is 0.0468 e. The van der Waals surface area contributed by atoms with Gasteiger partial charge in [-0.05, 0) is 137 Å². The first-order chi connectivity index (χ1) is 23.0. The van der Waals surface area contributed by atoms with Crippen molar-refractivity contribution in [2.45, 2.75) is 19.3 Å². The van der Waals surface area contributed by atoms with Crippen molar-refractivity contribution in [1.29, 1.82) is 0 Å². The van der Waals surface area contributed by atoms with Gasteiger partial charge in [-0.15, -0.1) is 0 Å². The van der Waals surface area contributed by atoms with E-state index in [-0.39, 0.29) is 5.41 Å². The molecule has 1 aliphatic carbocycles. The highest BCUT2D eigenvalue weighted by molar-refractivity contribution is 14.1. The number of benzene rings is 8. The number of nitrogens with zero attached hydrogens (tertiary/aromatic N) is 1. The van der Waals surface area contributed by atoms with Crippen molar-refractivity contribution < 1.29 is 0 Å². The van der Waals surface area contributed by atoms with Crippen LogP contribution in [0, 0.1) is 3.57 Å². The number of anilines is 3. The second-order valence-electron chi connectivity index (χ2n) is 13.1. The van der Waals surface area contributed by atoms with E-state index >= 15 is 0 Å². The predicted octanol–water partition coefficient (Wildman–Crippen LogP) is 13.2. The van der Waals surface area contributed by atoms with Gasteiger partial charge in [0.15, 0.2) is 0 Å². The molecule has 8 aromatic carbocycles. The fourth-order valence-corrected chi connectivity index (χ4v) is 8.12. The van der Waals surface area contributed by atoms with Gasteiger partial charge in [-0.3, -0.25) is 0 Å². The largest absolute Gasteiger partial charge is 0.310 e. The summed E-state index contributed by atoms with van der Waals surface area (Å²) in [7, 11) is 0. The van der Waals surface area contributed by atoms with E-state index in [1.54, 1.807) is 0 Å². The summed E-state index contributed by atoms with van der Waals surface area (Å²) < 4.78 is 1.24. The third kappa shape index (κ3) is 4.50. The summed E-state index contributed by atoms with van der Waals surface area (Å²) in [4.78, 5) is 2.43. The van der Waals surface area contributed by atoms with Crippen molar-refractivity contribution in [2.75, 3.05) is 4.90 Å². The van der Waals surface area contributed by atoms with Gasteiger partial charge in [0.05, 0.1) is 0 Å². The summed E-state index contributed by atoms with van der Waals surface area (Å²) >= 11 is 2.37. The summed E-state index contributed by atoms with van der Waals surface area (Å²) in [6.07, 6.45) is 0. The maximum atomic E-state index is 2.43. The van der Waals surface area contributed by atoms with Gasteiger partial charge >= 0.3 is 0 Å². The number of halogens is 1. The van der Waals surface area contributed by atoms with Crippen LogP contribution in [-0.2, 0) is 5.41 Å². The molecular formula is C45H32IN. The van der Waals surface area contributed by atoms with Gasteiger partial charge in [0, 0.05) is 26.0 Å². The van der Waals surface area contributed by atoms with Crippen molar-refractivity contribution in [1.82, 2.24) is 0 Å². The second kappa shape index (κ2) is 10.8. The fraction of sp³-hybridized carbons (Fsp3) is 0.0667. The van der Waals surface area contributed by atoms with E-state index < -0.39 is 0 Å². The maximum absolute atomic E-state index is 2.43. The molecule has 0 N–H and O–H groups in total. The second-order valence-corrected chi connectivity index (χ2v) is 14.4. The van der Waals surface area contributed by atoms with Gasteiger partial charge in [-0.2, -0.15) is 0 Å². The Labute approximate surface area is 289 Å². The van der Waals surface area contributed by atoms with Crippen molar-refractivity contribution in [3.63, 3.8) is 0 Å². The SMILES string of the molecule is CC1(C)c2ccccc2-c2ccc(N(c3ccc(-c4ccc(I)cc4)cc3)c3ccc4c5ccccc5c5ccccc5c4c3)cc21. The lowest BCUT2D eigenvalue weighted by atomic mass is 9.82. The lowest BCUT2D eigenvalue weighted by Gasteiger charge is -2.28. The van der Waals surface area contributed by atoms with Gasteiger partial charge in [0.25, 0.3) is 0 Å². The minimum absolute atomic E-state index is 0.0825. The van der Waals surface area contributed by atoms with Gasteiger partial charge in [-0.25, -0.2) is 0 Å². The molecule has 0 amide bonds. The van der Waals surface area contributed by atoms with Crippen LogP contribution in [0.2, 0.25) is 0 Å². The molecule has 2 heteroatoms. The van der Waals surface area contributed by atoms with E-state index in [4.69, 9.17) is 0 Å².